The third kappa shape index (κ3) is 4.20. The third-order valence-electron chi connectivity index (χ3n) is 4.88. The molecule has 2 aliphatic rings. The number of pyridine rings is 1. The van der Waals surface area contributed by atoms with Gasteiger partial charge in [-0.3, -0.25) is 0 Å². The Morgan fingerprint density at radius 1 is 1.13 bits per heavy atom. The van der Waals surface area contributed by atoms with Gasteiger partial charge >= 0.3 is 0 Å². The Balaban J connectivity index is 2.01. The first-order chi connectivity index (χ1) is 14.7. The van der Waals surface area contributed by atoms with Gasteiger partial charge in [0.1, 0.15) is 15.6 Å². The molecule has 1 aromatic heterocycles. The lowest BCUT2D eigenvalue weighted by Crippen LogP contribution is -2.37. The Morgan fingerprint density at radius 3 is 2.55 bits per heavy atom. The van der Waals surface area contributed by atoms with Crippen molar-refractivity contribution in [3.8, 4) is 11.1 Å². The van der Waals surface area contributed by atoms with Crippen LogP contribution in [0.25, 0.3) is 11.1 Å². The van der Waals surface area contributed by atoms with Crippen LogP contribution in [-0.2, 0) is 20.0 Å². The van der Waals surface area contributed by atoms with Crippen molar-refractivity contribution >= 4 is 31.7 Å². The van der Waals surface area contributed by atoms with E-state index in [9.17, 15) is 16.8 Å². The number of rotatable bonds is 6. The molecule has 31 heavy (non-hydrogen) atoms. The van der Waals surface area contributed by atoms with Crippen LogP contribution in [0.1, 0.15) is 12.0 Å². The summed E-state index contributed by atoms with van der Waals surface area (Å²) >= 11 is 0. The first-order valence-electron chi connectivity index (χ1n) is 9.24. The first kappa shape index (κ1) is 21.5. The summed E-state index contributed by atoms with van der Waals surface area (Å²) in [5.74, 6) is 0.0623. The number of hydrogen-bond acceptors (Lipinski definition) is 10. The SMILES string of the molecule is Nc1ncccc1-c1ccc(S(=O)(=O)N[C@@H]2CCNC2)c(S(N)(=O)=O)c1C1=NCN=N1. The Labute approximate surface area is 179 Å². The van der Waals surface area contributed by atoms with Crippen LogP contribution in [-0.4, -0.2) is 53.5 Å². The molecule has 14 heteroatoms. The molecule has 6 N–H and O–H groups in total. The van der Waals surface area contributed by atoms with Gasteiger partial charge in [0.2, 0.25) is 20.0 Å². The van der Waals surface area contributed by atoms with E-state index < -0.39 is 29.8 Å². The molecule has 12 nitrogen and oxygen atoms in total. The van der Waals surface area contributed by atoms with Crippen molar-refractivity contribution in [1.29, 1.82) is 0 Å². The summed E-state index contributed by atoms with van der Waals surface area (Å²) in [6.45, 7) is 1.06. The minimum absolute atomic E-state index is 0.0235. The van der Waals surface area contributed by atoms with Crippen molar-refractivity contribution in [3.05, 3.63) is 36.0 Å². The largest absolute Gasteiger partial charge is 0.383 e. The number of amidine groups is 1. The van der Waals surface area contributed by atoms with Crippen molar-refractivity contribution in [3.63, 3.8) is 0 Å². The van der Waals surface area contributed by atoms with Crippen molar-refractivity contribution in [2.45, 2.75) is 22.3 Å². The van der Waals surface area contributed by atoms with Gasteiger partial charge in [0.05, 0.1) is 5.56 Å². The van der Waals surface area contributed by atoms with Crippen LogP contribution in [0.5, 0.6) is 0 Å². The maximum Gasteiger partial charge on any atom is 0.242 e. The molecule has 0 spiro atoms. The zero-order chi connectivity index (χ0) is 22.2. The lowest BCUT2D eigenvalue weighted by Gasteiger charge is -2.19. The molecule has 1 aromatic carbocycles. The quantitative estimate of drug-likeness (QED) is 0.454. The minimum atomic E-state index is -4.54. The standard InChI is InChI=1S/C17H20N8O4S2/c18-16-12(2-1-6-21-16)11-3-4-13(31(28,29)25-10-5-7-20-8-10)15(30(19,26)27)14(11)17-22-9-23-24-17/h1-4,6,10,20,25H,5,7-9H2,(H2,18,21)(H2,19,26,27)/t10-/m1/s1. The second-order valence-electron chi connectivity index (χ2n) is 6.97. The van der Waals surface area contributed by atoms with Gasteiger partial charge < -0.3 is 11.1 Å². The summed E-state index contributed by atoms with van der Waals surface area (Å²) < 4.78 is 54.2. The smallest absolute Gasteiger partial charge is 0.242 e. The molecule has 0 aliphatic carbocycles. The van der Waals surface area contributed by atoms with Crippen molar-refractivity contribution in [2.24, 2.45) is 20.4 Å². The molecule has 4 rings (SSSR count). The lowest BCUT2D eigenvalue weighted by atomic mass is 9.99. The van der Waals surface area contributed by atoms with E-state index in [-0.39, 0.29) is 35.5 Å². The summed E-state index contributed by atoms with van der Waals surface area (Å²) in [7, 11) is -8.78. The fourth-order valence-electron chi connectivity index (χ4n) is 3.55. The Kier molecular flexibility index (Phi) is 5.57. The average molecular weight is 465 g/mol. The van der Waals surface area contributed by atoms with Crippen LogP contribution in [0, 0.1) is 0 Å². The van der Waals surface area contributed by atoms with Crippen molar-refractivity contribution in [1.82, 2.24) is 15.0 Å². The molecular formula is C17H20N8O4S2. The van der Waals surface area contributed by atoms with E-state index >= 15 is 0 Å². The summed E-state index contributed by atoms with van der Waals surface area (Å²) in [6, 6.07) is 5.48. The molecule has 2 aliphatic heterocycles. The van der Waals surface area contributed by atoms with Crippen LogP contribution in [0.4, 0.5) is 5.82 Å². The van der Waals surface area contributed by atoms with E-state index in [4.69, 9.17) is 10.9 Å². The highest BCUT2D eigenvalue weighted by Gasteiger charge is 2.34. The normalized spacial score (nSPS) is 19.0. The highest BCUT2D eigenvalue weighted by atomic mass is 32.2. The van der Waals surface area contributed by atoms with Crippen LogP contribution < -0.4 is 20.9 Å². The molecule has 0 bridgehead atoms. The molecule has 164 valence electrons. The lowest BCUT2D eigenvalue weighted by molar-refractivity contribution is 0.555. The zero-order valence-electron chi connectivity index (χ0n) is 16.2. The summed E-state index contributed by atoms with van der Waals surface area (Å²) in [5.41, 5.74) is 6.55. The molecule has 1 fully saturated rings. The number of nitrogens with one attached hydrogen (secondary N) is 2. The van der Waals surface area contributed by atoms with Crippen molar-refractivity contribution in [2.75, 3.05) is 25.5 Å². The fourth-order valence-corrected chi connectivity index (χ4v) is 6.42. The van der Waals surface area contributed by atoms with E-state index in [0.717, 1.165) is 0 Å². The minimum Gasteiger partial charge on any atom is -0.383 e. The number of primary sulfonamides is 1. The Bertz CT molecular complexity index is 1300. The number of benzene rings is 1. The van der Waals surface area contributed by atoms with E-state index in [0.29, 0.717) is 25.1 Å². The molecule has 1 atom stereocenters. The predicted molar refractivity (Wildman–Crippen MR) is 113 cm³/mol. The molecule has 3 heterocycles. The van der Waals surface area contributed by atoms with Gasteiger partial charge in [-0.2, -0.15) is 5.11 Å². The number of sulfonamides is 2. The topological polar surface area (TPSA) is 194 Å². The van der Waals surface area contributed by atoms with E-state index in [2.05, 4.69) is 30.2 Å². The maximum absolute atomic E-state index is 13.1. The highest BCUT2D eigenvalue weighted by Crippen LogP contribution is 2.36. The highest BCUT2D eigenvalue weighted by molar-refractivity contribution is 7.92. The Morgan fingerprint density at radius 2 is 1.94 bits per heavy atom. The number of hydrogen-bond donors (Lipinski definition) is 4. The average Bonchev–Trinajstić information content (AvgIpc) is 3.40. The number of nitrogens with two attached hydrogens (primary N) is 2. The fraction of sp³-hybridized carbons (Fsp3) is 0.294. The molecule has 0 saturated carbocycles. The van der Waals surface area contributed by atoms with Crippen LogP contribution in [0.3, 0.4) is 0 Å². The number of azo groups is 1. The van der Waals surface area contributed by atoms with Gasteiger partial charge in [0.25, 0.3) is 0 Å². The van der Waals surface area contributed by atoms with E-state index in [1.165, 1.54) is 18.3 Å². The summed E-state index contributed by atoms with van der Waals surface area (Å²) in [6.07, 6.45) is 2.05. The number of nitrogens with zero attached hydrogens (tertiary/aromatic N) is 4. The second-order valence-corrected chi connectivity index (χ2v) is 10.2. The maximum atomic E-state index is 13.1. The van der Waals surface area contributed by atoms with Gasteiger partial charge in [0, 0.05) is 24.3 Å². The van der Waals surface area contributed by atoms with Gasteiger partial charge in [-0.25, -0.2) is 36.7 Å². The summed E-state index contributed by atoms with van der Waals surface area (Å²) in [5, 5.41) is 16.2. The monoisotopic (exact) mass is 464 g/mol. The molecule has 1 saturated heterocycles. The number of nitrogen functional groups attached to an aromatic ring is 1. The molecule has 0 amide bonds. The predicted octanol–water partition coefficient (Wildman–Crippen LogP) is -0.212. The molecule has 0 unspecified atom stereocenters. The van der Waals surface area contributed by atoms with Gasteiger partial charge in [0.15, 0.2) is 12.5 Å². The van der Waals surface area contributed by atoms with Gasteiger partial charge in [-0.15, -0.1) is 5.11 Å². The van der Waals surface area contributed by atoms with Gasteiger partial charge in [-0.1, -0.05) is 6.07 Å². The molecule has 2 aromatic rings. The molecule has 0 radical (unpaired) electrons. The summed E-state index contributed by atoms with van der Waals surface area (Å²) in [4.78, 5) is 7.01. The molecular weight excluding hydrogens is 444 g/mol. The zero-order valence-corrected chi connectivity index (χ0v) is 17.8. The number of anilines is 1. The third-order valence-corrected chi connectivity index (χ3v) is 7.56. The Hall–Kier alpha value is -2.78. The second kappa shape index (κ2) is 8.05. The number of aliphatic imine (C=N–C) groups is 1. The van der Waals surface area contributed by atoms with Crippen LogP contribution in [0.2, 0.25) is 0 Å². The van der Waals surface area contributed by atoms with Crippen LogP contribution in [0.15, 0.2) is 55.5 Å². The van der Waals surface area contributed by atoms with E-state index in [1.807, 2.05) is 0 Å². The van der Waals surface area contributed by atoms with Crippen LogP contribution >= 0.6 is 0 Å². The van der Waals surface area contributed by atoms with E-state index in [1.54, 1.807) is 12.1 Å². The number of aromatic nitrogens is 1. The van der Waals surface area contributed by atoms with Crippen molar-refractivity contribution < 1.29 is 16.8 Å². The van der Waals surface area contributed by atoms with Gasteiger partial charge in [-0.05, 0) is 36.7 Å². The first-order valence-corrected chi connectivity index (χ1v) is 12.3.